The molecule has 2 bridgehead atoms. The lowest BCUT2D eigenvalue weighted by Crippen LogP contribution is -2.36. The first kappa shape index (κ1) is 7.10. The Bertz CT molecular complexity index is 181. The van der Waals surface area contributed by atoms with E-state index >= 15 is 0 Å². The number of carbonyl (C=O) groups excluding carboxylic acids is 1. The van der Waals surface area contributed by atoms with Gasteiger partial charge in [0.25, 0.3) is 5.91 Å². The molecule has 0 aromatic carbocycles. The van der Waals surface area contributed by atoms with E-state index < -0.39 is 5.91 Å². The van der Waals surface area contributed by atoms with Crippen molar-refractivity contribution in [3.63, 3.8) is 0 Å². The molecule has 1 amide bonds. The second-order valence-electron chi connectivity index (χ2n) is 3.69. The minimum atomic E-state index is -0.433. The summed E-state index contributed by atoms with van der Waals surface area (Å²) in [7, 11) is 0. The van der Waals surface area contributed by atoms with Gasteiger partial charge in [-0.2, -0.15) is 0 Å². The summed E-state index contributed by atoms with van der Waals surface area (Å²) in [6.45, 7) is 1.43. The molecule has 0 spiro atoms. The van der Waals surface area contributed by atoms with Gasteiger partial charge < -0.3 is 0 Å². The Balaban J connectivity index is 1.92. The maximum absolute atomic E-state index is 10.5. The van der Waals surface area contributed by atoms with E-state index in [0.29, 0.717) is 12.6 Å². The van der Waals surface area contributed by atoms with E-state index in [1.54, 1.807) is 0 Å². The van der Waals surface area contributed by atoms with Gasteiger partial charge in [-0.1, -0.05) is 0 Å². The monoisotopic (exact) mass is 153 g/mol. The van der Waals surface area contributed by atoms with Crippen molar-refractivity contribution in [2.24, 2.45) is 5.92 Å². The van der Waals surface area contributed by atoms with Gasteiger partial charge in [0.2, 0.25) is 0 Å². The Morgan fingerprint density at radius 3 is 2.82 bits per heavy atom. The van der Waals surface area contributed by atoms with Crippen LogP contribution in [0.5, 0.6) is 0 Å². The van der Waals surface area contributed by atoms with Crippen LogP contribution < -0.4 is 5.73 Å². The lowest BCUT2D eigenvalue weighted by atomic mass is 10.1. The largest absolute Gasteiger partial charge is 0.291 e. The second kappa shape index (κ2) is 2.48. The Kier molecular flexibility index (Phi) is 1.60. The Morgan fingerprint density at radius 1 is 1.55 bits per heavy atom. The third kappa shape index (κ3) is 1.25. The summed E-state index contributed by atoms with van der Waals surface area (Å²) in [4.78, 5) is 12.7. The molecule has 11 heavy (non-hydrogen) atoms. The summed E-state index contributed by atoms with van der Waals surface area (Å²) in [6, 6.07) is 0.634. The van der Waals surface area contributed by atoms with Crippen molar-refractivity contribution in [1.29, 1.82) is 0 Å². The van der Waals surface area contributed by atoms with Gasteiger partial charge in [0, 0.05) is 12.6 Å². The van der Waals surface area contributed by atoms with Crippen molar-refractivity contribution >= 4 is 5.91 Å². The minimum absolute atomic E-state index is 0.362. The van der Waals surface area contributed by atoms with Gasteiger partial charge in [0.1, 0.15) is 0 Å². The number of nitrogens with zero attached hydrogens (tertiary/aromatic N) is 1. The number of hydrogen-bond acceptors (Lipinski definition) is 2. The van der Waals surface area contributed by atoms with Gasteiger partial charge in [-0.15, -0.1) is 0 Å². The third-order valence-corrected chi connectivity index (χ3v) is 2.87. The normalized spacial score (nSPS) is 36.4. The maximum atomic E-state index is 10.5. The van der Waals surface area contributed by atoms with Crippen LogP contribution in [0, 0.1) is 5.92 Å². The van der Waals surface area contributed by atoms with Crippen molar-refractivity contribution < 1.29 is 4.79 Å². The van der Waals surface area contributed by atoms with Crippen LogP contribution in [0.25, 0.3) is 0 Å². The first-order chi connectivity index (χ1) is 5.25. The topological polar surface area (TPSA) is 44.1 Å². The van der Waals surface area contributed by atoms with Crippen molar-refractivity contribution in [2.45, 2.75) is 25.3 Å². The van der Waals surface area contributed by atoms with Crippen LogP contribution in [0.15, 0.2) is 0 Å². The number of hydrogen-bond donors (Lipinski definition) is 0. The Hall–Kier alpha value is -0.570. The number of rotatable bonds is 2. The fraction of sp³-hybridized carbons (Fsp3) is 0.875. The van der Waals surface area contributed by atoms with Crippen molar-refractivity contribution in [3.8, 4) is 0 Å². The van der Waals surface area contributed by atoms with Gasteiger partial charge in [-0.25, -0.2) is 0 Å². The quantitative estimate of drug-likeness (QED) is 0.572. The standard InChI is InChI=1S/C8H13N2O/c9-8(11)5-10-4-6-1-2-7(10)3-6/h6-7,9H,1-5H2. The zero-order valence-electron chi connectivity index (χ0n) is 6.55. The average Bonchev–Trinajstić information content (AvgIpc) is 2.45. The van der Waals surface area contributed by atoms with E-state index in [0.717, 1.165) is 12.5 Å². The molecule has 2 atom stereocenters. The average molecular weight is 153 g/mol. The molecule has 61 valence electrons. The van der Waals surface area contributed by atoms with Crippen molar-refractivity contribution in [1.82, 2.24) is 10.6 Å². The minimum Gasteiger partial charge on any atom is -0.291 e. The van der Waals surface area contributed by atoms with Gasteiger partial charge >= 0.3 is 0 Å². The molecule has 1 heterocycles. The molecule has 1 saturated carbocycles. The molecular formula is C8H13N2O. The Morgan fingerprint density at radius 2 is 2.36 bits per heavy atom. The zero-order chi connectivity index (χ0) is 7.84. The first-order valence-electron chi connectivity index (χ1n) is 4.24. The highest BCUT2D eigenvalue weighted by Crippen LogP contribution is 2.36. The summed E-state index contributed by atoms with van der Waals surface area (Å²) in [6.07, 6.45) is 3.86. The number of likely N-dealkylation sites (tertiary alicyclic amines) is 1. The Labute approximate surface area is 66.5 Å². The number of piperidine rings is 1. The lowest BCUT2D eigenvalue weighted by Gasteiger charge is -2.24. The number of carbonyl (C=O) groups is 1. The van der Waals surface area contributed by atoms with Crippen molar-refractivity contribution in [3.05, 3.63) is 0 Å². The van der Waals surface area contributed by atoms with Gasteiger partial charge in [0.15, 0.2) is 0 Å². The van der Waals surface area contributed by atoms with Crippen LogP contribution in [0.1, 0.15) is 19.3 Å². The van der Waals surface area contributed by atoms with Crippen LogP contribution in [0.4, 0.5) is 0 Å². The SMILES string of the molecule is [NH]C(=O)CN1CC2CCC1C2. The summed E-state index contributed by atoms with van der Waals surface area (Å²) in [5, 5.41) is 0. The highest BCUT2D eigenvalue weighted by molar-refractivity contribution is 5.75. The van der Waals surface area contributed by atoms with E-state index in [1.807, 2.05) is 0 Å². The predicted molar refractivity (Wildman–Crippen MR) is 40.8 cm³/mol. The van der Waals surface area contributed by atoms with Crippen molar-refractivity contribution in [2.75, 3.05) is 13.1 Å². The highest BCUT2D eigenvalue weighted by atomic mass is 16.1. The van der Waals surface area contributed by atoms with Crippen LogP contribution in [-0.2, 0) is 4.79 Å². The summed E-state index contributed by atoms with van der Waals surface area (Å²) in [5.41, 5.74) is 6.84. The molecule has 0 aromatic rings. The van der Waals surface area contributed by atoms with Crippen LogP contribution in [-0.4, -0.2) is 29.9 Å². The molecule has 2 fully saturated rings. The molecule has 1 aliphatic heterocycles. The lowest BCUT2D eigenvalue weighted by molar-refractivity contribution is -0.120. The summed E-state index contributed by atoms with van der Waals surface area (Å²) in [5.74, 6) is 0.400. The molecule has 2 unspecified atom stereocenters. The van der Waals surface area contributed by atoms with Gasteiger partial charge in [-0.05, 0) is 25.2 Å². The van der Waals surface area contributed by atoms with E-state index in [2.05, 4.69) is 4.90 Å². The number of nitrogens with one attached hydrogen (secondary N) is 1. The van der Waals surface area contributed by atoms with Crippen LogP contribution in [0.3, 0.4) is 0 Å². The highest BCUT2D eigenvalue weighted by Gasteiger charge is 2.37. The molecule has 3 nitrogen and oxygen atoms in total. The van der Waals surface area contributed by atoms with Gasteiger partial charge in [0.05, 0.1) is 6.54 Å². The fourth-order valence-electron chi connectivity index (χ4n) is 2.40. The van der Waals surface area contributed by atoms with Crippen LogP contribution in [0.2, 0.25) is 0 Å². The molecule has 2 aliphatic rings. The zero-order valence-corrected chi connectivity index (χ0v) is 6.55. The van der Waals surface area contributed by atoms with E-state index in [-0.39, 0.29) is 0 Å². The molecule has 1 aliphatic carbocycles. The number of amides is 1. The molecule has 0 aromatic heterocycles. The molecular weight excluding hydrogens is 140 g/mol. The first-order valence-corrected chi connectivity index (χ1v) is 4.24. The van der Waals surface area contributed by atoms with Gasteiger partial charge in [-0.3, -0.25) is 15.4 Å². The van der Waals surface area contributed by atoms with E-state index in [1.165, 1.54) is 19.3 Å². The number of fused-ring (bicyclic) bond motifs is 2. The molecule has 1 saturated heterocycles. The summed E-state index contributed by atoms with van der Waals surface area (Å²) < 4.78 is 0. The summed E-state index contributed by atoms with van der Waals surface area (Å²) >= 11 is 0. The van der Waals surface area contributed by atoms with Crippen LogP contribution >= 0.6 is 0 Å². The van der Waals surface area contributed by atoms with E-state index in [9.17, 15) is 4.79 Å². The molecule has 3 heteroatoms. The molecule has 1 N–H and O–H groups in total. The predicted octanol–water partition coefficient (Wildman–Crippen LogP) is 0.280. The van der Waals surface area contributed by atoms with E-state index in [4.69, 9.17) is 5.73 Å². The second-order valence-corrected chi connectivity index (χ2v) is 3.69. The fourth-order valence-corrected chi connectivity index (χ4v) is 2.40. The molecule has 2 rings (SSSR count). The molecule has 1 radical (unpaired) electrons. The smallest absolute Gasteiger partial charge is 0.252 e. The maximum Gasteiger partial charge on any atom is 0.252 e. The third-order valence-electron chi connectivity index (χ3n) is 2.87.